The molecule has 3 unspecified atom stereocenters. The number of pyridine rings is 1. The van der Waals surface area contributed by atoms with Gasteiger partial charge in [-0.05, 0) is 76.6 Å². The summed E-state index contributed by atoms with van der Waals surface area (Å²) in [6.07, 6.45) is 7.11. The molecule has 9 heteroatoms. The van der Waals surface area contributed by atoms with Crippen LogP contribution in [0.3, 0.4) is 0 Å². The summed E-state index contributed by atoms with van der Waals surface area (Å²) >= 11 is 0. The van der Waals surface area contributed by atoms with Gasteiger partial charge >= 0.3 is 6.09 Å². The van der Waals surface area contributed by atoms with E-state index in [2.05, 4.69) is 21.7 Å². The lowest BCUT2D eigenvalue weighted by Crippen LogP contribution is -2.56. The van der Waals surface area contributed by atoms with Crippen LogP contribution in [-0.2, 0) is 20.7 Å². The number of fused-ring (bicyclic) bond motifs is 1. The van der Waals surface area contributed by atoms with Crippen molar-refractivity contribution in [3.05, 3.63) is 54.6 Å². The highest BCUT2D eigenvalue weighted by atomic mass is 16.6. The Labute approximate surface area is 235 Å². The first-order valence-electron chi connectivity index (χ1n) is 13.9. The minimum Gasteiger partial charge on any atom is -0.464 e. The molecule has 1 fully saturated rings. The third-order valence-electron chi connectivity index (χ3n) is 7.12. The van der Waals surface area contributed by atoms with Crippen LogP contribution in [0.1, 0.15) is 59.9 Å². The summed E-state index contributed by atoms with van der Waals surface area (Å²) in [5.41, 5.74) is 3.25. The number of rotatable bonds is 8. The van der Waals surface area contributed by atoms with Crippen LogP contribution in [0, 0.1) is 5.92 Å². The molecule has 1 aromatic carbocycles. The van der Waals surface area contributed by atoms with Crippen LogP contribution in [0.15, 0.2) is 53.4 Å². The van der Waals surface area contributed by atoms with E-state index >= 15 is 0 Å². The first kappa shape index (κ1) is 29.1. The lowest BCUT2D eigenvalue weighted by molar-refractivity contribution is -0.138. The van der Waals surface area contributed by atoms with Crippen molar-refractivity contribution in [2.75, 3.05) is 6.54 Å². The minimum atomic E-state index is -0.857. The van der Waals surface area contributed by atoms with Crippen molar-refractivity contribution in [1.29, 1.82) is 0 Å². The largest absolute Gasteiger partial charge is 0.464 e. The van der Waals surface area contributed by atoms with Gasteiger partial charge < -0.3 is 24.7 Å². The monoisotopic (exact) mass is 548 g/mol. The number of ether oxygens (including phenoxy) is 1. The highest BCUT2D eigenvalue weighted by molar-refractivity contribution is 5.91. The zero-order valence-electron chi connectivity index (χ0n) is 24.2. The highest BCUT2D eigenvalue weighted by Gasteiger charge is 2.36. The third-order valence-corrected chi connectivity index (χ3v) is 7.12. The average Bonchev–Trinajstić information content (AvgIpc) is 3.53. The molecule has 4 rings (SSSR count). The van der Waals surface area contributed by atoms with Crippen LogP contribution < -0.4 is 10.6 Å². The molecule has 2 N–H and O–H groups in total. The molecule has 3 atom stereocenters. The van der Waals surface area contributed by atoms with Gasteiger partial charge in [0, 0.05) is 41.5 Å². The SMILES string of the molecule is CC(NC(=O)OC(C)(C)C)C(=O)NC(C(=O)N1CCCC1Cc1coc2ccc(-c3cccnc3)cc12)C(C)C. The van der Waals surface area contributed by atoms with Gasteiger partial charge in [-0.2, -0.15) is 0 Å². The van der Waals surface area contributed by atoms with E-state index in [-0.39, 0.29) is 17.9 Å². The summed E-state index contributed by atoms with van der Waals surface area (Å²) in [5.74, 6) is -0.681. The number of hydrogen-bond acceptors (Lipinski definition) is 6. The molecule has 0 spiro atoms. The summed E-state index contributed by atoms with van der Waals surface area (Å²) < 4.78 is 11.1. The number of amides is 3. The van der Waals surface area contributed by atoms with Crippen molar-refractivity contribution < 1.29 is 23.5 Å². The summed E-state index contributed by atoms with van der Waals surface area (Å²) in [5, 5.41) is 6.44. The van der Waals surface area contributed by atoms with Crippen LogP contribution in [-0.4, -0.2) is 58.1 Å². The molecule has 3 aromatic rings. The van der Waals surface area contributed by atoms with Crippen LogP contribution in [0.2, 0.25) is 0 Å². The number of hydrogen-bond donors (Lipinski definition) is 2. The maximum Gasteiger partial charge on any atom is 0.408 e. The Morgan fingerprint density at radius 2 is 1.90 bits per heavy atom. The Balaban J connectivity index is 1.46. The topological polar surface area (TPSA) is 114 Å². The maximum atomic E-state index is 13.8. The van der Waals surface area contributed by atoms with E-state index < -0.39 is 29.7 Å². The molecule has 0 radical (unpaired) electrons. The highest BCUT2D eigenvalue weighted by Crippen LogP contribution is 2.31. The fourth-order valence-corrected chi connectivity index (χ4v) is 5.07. The standard InChI is InChI=1S/C31H40N4O5/c1-19(2)27(34-28(36)20(3)33-30(38)40-31(4,5)6)29(37)35-14-8-10-24(35)15-23-18-39-26-12-11-21(16-25(23)26)22-9-7-13-32-17-22/h7,9,11-13,16-20,24,27H,8,10,14-15H2,1-6H3,(H,33,38)(H,34,36). The van der Waals surface area contributed by atoms with Gasteiger partial charge in [-0.15, -0.1) is 0 Å². The summed E-state index contributed by atoms with van der Waals surface area (Å²) in [4.78, 5) is 45.0. The number of furan rings is 1. The van der Waals surface area contributed by atoms with E-state index in [1.165, 1.54) is 0 Å². The van der Waals surface area contributed by atoms with Crippen molar-refractivity contribution in [2.45, 2.75) is 84.5 Å². The van der Waals surface area contributed by atoms with Gasteiger partial charge in [0.05, 0.1) is 6.26 Å². The van der Waals surface area contributed by atoms with Gasteiger partial charge in [-0.1, -0.05) is 26.0 Å². The fourth-order valence-electron chi connectivity index (χ4n) is 5.07. The molecular formula is C31H40N4O5. The second-order valence-corrected chi connectivity index (χ2v) is 11.8. The van der Waals surface area contributed by atoms with E-state index in [1.54, 1.807) is 40.2 Å². The van der Waals surface area contributed by atoms with Crippen molar-refractivity contribution in [1.82, 2.24) is 20.5 Å². The molecule has 3 amide bonds. The number of benzene rings is 1. The molecule has 214 valence electrons. The molecule has 1 aliphatic heterocycles. The number of nitrogens with zero attached hydrogens (tertiary/aromatic N) is 2. The fraction of sp³-hybridized carbons (Fsp3) is 0.484. The van der Waals surface area contributed by atoms with Crippen LogP contribution in [0.25, 0.3) is 22.1 Å². The van der Waals surface area contributed by atoms with Crippen molar-refractivity contribution >= 4 is 28.9 Å². The van der Waals surface area contributed by atoms with Gasteiger partial charge in [-0.3, -0.25) is 14.6 Å². The molecule has 40 heavy (non-hydrogen) atoms. The lowest BCUT2D eigenvalue weighted by Gasteiger charge is -2.31. The maximum absolute atomic E-state index is 13.8. The van der Waals surface area contributed by atoms with Gasteiger partial charge in [0.1, 0.15) is 23.3 Å². The quantitative estimate of drug-likeness (QED) is 0.406. The number of alkyl carbamates (subject to hydrolysis) is 1. The second-order valence-electron chi connectivity index (χ2n) is 11.8. The van der Waals surface area contributed by atoms with Crippen molar-refractivity contribution in [3.8, 4) is 11.1 Å². The molecule has 1 saturated heterocycles. The Bertz CT molecular complexity index is 1340. The number of carbonyl (C=O) groups is 3. The molecule has 0 aliphatic carbocycles. The van der Waals surface area contributed by atoms with Gasteiger partial charge in [0.15, 0.2) is 0 Å². The first-order valence-corrected chi connectivity index (χ1v) is 13.9. The Kier molecular flexibility index (Phi) is 8.81. The summed E-state index contributed by atoms with van der Waals surface area (Å²) in [6.45, 7) is 11.3. The number of nitrogens with one attached hydrogen (secondary N) is 2. The van der Waals surface area contributed by atoms with Crippen LogP contribution in [0.4, 0.5) is 4.79 Å². The number of aromatic nitrogens is 1. The van der Waals surface area contributed by atoms with Gasteiger partial charge in [0.25, 0.3) is 0 Å². The van der Waals surface area contributed by atoms with E-state index in [4.69, 9.17) is 9.15 Å². The Morgan fingerprint density at radius 3 is 2.58 bits per heavy atom. The molecule has 0 saturated carbocycles. The molecule has 2 aromatic heterocycles. The number of likely N-dealkylation sites (tertiary alicyclic amines) is 1. The normalized spacial score (nSPS) is 17.1. The van der Waals surface area contributed by atoms with Crippen molar-refractivity contribution in [2.24, 2.45) is 5.92 Å². The van der Waals surface area contributed by atoms with E-state index in [9.17, 15) is 14.4 Å². The van der Waals surface area contributed by atoms with Crippen molar-refractivity contribution in [3.63, 3.8) is 0 Å². The van der Waals surface area contributed by atoms with Crippen LogP contribution in [0.5, 0.6) is 0 Å². The molecule has 3 heterocycles. The van der Waals surface area contributed by atoms with E-state index in [0.717, 1.165) is 40.5 Å². The smallest absolute Gasteiger partial charge is 0.408 e. The van der Waals surface area contributed by atoms with E-state index in [1.807, 2.05) is 49.2 Å². The third kappa shape index (κ3) is 7.00. The molecular weight excluding hydrogens is 508 g/mol. The first-order chi connectivity index (χ1) is 18.9. The Morgan fingerprint density at radius 1 is 1.12 bits per heavy atom. The number of carbonyl (C=O) groups excluding carboxylic acids is 3. The zero-order chi connectivity index (χ0) is 29.0. The zero-order valence-corrected chi connectivity index (χ0v) is 24.2. The van der Waals surface area contributed by atoms with E-state index in [0.29, 0.717) is 13.0 Å². The lowest BCUT2D eigenvalue weighted by atomic mass is 9.98. The average molecular weight is 549 g/mol. The predicted octanol–water partition coefficient (Wildman–Crippen LogP) is 5.08. The Hall–Kier alpha value is -3.88. The predicted molar refractivity (Wildman–Crippen MR) is 153 cm³/mol. The van der Waals surface area contributed by atoms with Crippen LogP contribution >= 0.6 is 0 Å². The summed E-state index contributed by atoms with van der Waals surface area (Å²) in [6, 6.07) is 8.46. The molecule has 0 bridgehead atoms. The molecule has 1 aliphatic rings. The second kappa shape index (κ2) is 12.1. The van der Waals surface area contributed by atoms with Gasteiger partial charge in [0.2, 0.25) is 11.8 Å². The van der Waals surface area contributed by atoms with Gasteiger partial charge in [-0.25, -0.2) is 4.79 Å². The summed E-state index contributed by atoms with van der Waals surface area (Å²) in [7, 11) is 0. The minimum absolute atomic E-state index is 0.00851. The molecule has 9 nitrogen and oxygen atoms in total.